The van der Waals surface area contributed by atoms with E-state index in [2.05, 4.69) is 37.4 Å². The van der Waals surface area contributed by atoms with Gasteiger partial charge in [0.05, 0.1) is 0 Å². The molecule has 1 aromatic rings. The van der Waals surface area contributed by atoms with Crippen molar-refractivity contribution in [3.05, 3.63) is 34.9 Å². The smallest absolute Gasteiger partial charge is 0.0205 e. The number of nitrogens with one attached hydrogen (secondary N) is 1. The topological polar surface area (TPSA) is 12.0 Å². The van der Waals surface area contributed by atoms with Crippen LogP contribution in [0.5, 0.6) is 0 Å². The molecule has 1 heteroatoms. The molecule has 1 saturated carbocycles. The molecule has 1 aliphatic rings. The zero-order chi connectivity index (χ0) is 11.4. The molecule has 0 aromatic heterocycles. The molecule has 88 valence electrons. The maximum Gasteiger partial charge on any atom is 0.0205 e. The largest absolute Gasteiger partial charge is 0.312 e. The molecule has 0 spiro atoms. The van der Waals surface area contributed by atoms with Gasteiger partial charge < -0.3 is 5.32 Å². The molecule has 1 N–H and O–H groups in total. The lowest BCUT2D eigenvalue weighted by atomic mass is 10.1. The Balaban J connectivity index is 1.78. The van der Waals surface area contributed by atoms with Crippen LogP contribution in [0.25, 0.3) is 0 Å². The Morgan fingerprint density at radius 3 is 2.56 bits per heavy atom. The highest BCUT2D eigenvalue weighted by atomic mass is 14.9. The summed E-state index contributed by atoms with van der Waals surface area (Å²) in [4.78, 5) is 0. The molecular formula is C15H23N. The summed E-state index contributed by atoms with van der Waals surface area (Å²) in [5.41, 5.74) is 4.21. The summed E-state index contributed by atoms with van der Waals surface area (Å²) in [6.45, 7) is 6.59. The molecule has 1 aromatic carbocycles. The molecule has 1 aliphatic carbocycles. The van der Waals surface area contributed by atoms with Crippen LogP contribution in [-0.4, -0.2) is 6.54 Å². The first-order valence-corrected chi connectivity index (χ1v) is 6.52. The maximum absolute atomic E-state index is 3.59. The van der Waals surface area contributed by atoms with Gasteiger partial charge >= 0.3 is 0 Å². The lowest BCUT2D eigenvalue weighted by Crippen LogP contribution is -2.20. The summed E-state index contributed by atoms with van der Waals surface area (Å²) in [6.07, 6.45) is 5.74. The Morgan fingerprint density at radius 1 is 1.12 bits per heavy atom. The first-order valence-electron chi connectivity index (χ1n) is 6.52. The quantitative estimate of drug-likeness (QED) is 0.813. The van der Waals surface area contributed by atoms with Gasteiger partial charge in [0.25, 0.3) is 0 Å². The van der Waals surface area contributed by atoms with E-state index in [4.69, 9.17) is 0 Å². The molecule has 16 heavy (non-hydrogen) atoms. The van der Waals surface area contributed by atoms with Gasteiger partial charge in [0, 0.05) is 6.54 Å². The average Bonchev–Trinajstić information content (AvgIpc) is 2.76. The Bertz CT molecular complexity index is 337. The zero-order valence-electron chi connectivity index (χ0n) is 10.6. The highest BCUT2D eigenvalue weighted by Gasteiger charge is 2.13. The average molecular weight is 217 g/mol. The van der Waals surface area contributed by atoms with Crippen LogP contribution in [0.4, 0.5) is 0 Å². The molecule has 0 unspecified atom stereocenters. The fourth-order valence-corrected chi connectivity index (χ4v) is 2.55. The summed E-state index contributed by atoms with van der Waals surface area (Å²) in [5, 5.41) is 3.59. The van der Waals surface area contributed by atoms with Crippen LogP contribution in [0, 0.1) is 19.8 Å². The van der Waals surface area contributed by atoms with Crippen LogP contribution in [0.3, 0.4) is 0 Å². The van der Waals surface area contributed by atoms with Crippen molar-refractivity contribution in [2.45, 2.75) is 46.1 Å². The molecule has 0 radical (unpaired) electrons. The van der Waals surface area contributed by atoms with Crippen molar-refractivity contribution in [3.63, 3.8) is 0 Å². The summed E-state index contributed by atoms with van der Waals surface area (Å²) < 4.78 is 0. The van der Waals surface area contributed by atoms with Gasteiger partial charge in [-0.25, -0.2) is 0 Å². The standard InChI is InChI=1S/C15H23N/c1-12-7-8-15(9-13(12)2)11-16-10-14-5-3-4-6-14/h7-9,14,16H,3-6,10-11H2,1-2H3. The summed E-state index contributed by atoms with van der Waals surface area (Å²) in [7, 11) is 0. The van der Waals surface area contributed by atoms with E-state index in [1.165, 1.54) is 48.9 Å². The third-order valence-electron chi connectivity index (χ3n) is 3.81. The second-order valence-electron chi connectivity index (χ2n) is 5.20. The highest BCUT2D eigenvalue weighted by molar-refractivity contribution is 5.29. The van der Waals surface area contributed by atoms with Crippen molar-refractivity contribution in [2.75, 3.05) is 6.54 Å². The second-order valence-corrected chi connectivity index (χ2v) is 5.20. The SMILES string of the molecule is Cc1ccc(CNCC2CCCC2)cc1C. The third-order valence-corrected chi connectivity index (χ3v) is 3.81. The van der Waals surface area contributed by atoms with Gasteiger partial charge in [-0.15, -0.1) is 0 Å². The first kappa shape index (κ1) is 11.7. The zero-order valence-corrected chi connectivity index (χ0v) is 10.6. The summed E-state index contributed by atoms with van der Waals surface area (Å²) in [6, 6.07) is 6.77. The van der Waals surface area contributed by atoms with Crippen LogP contribution < -0.4 is 5.32 Å². The van der Waals surface area contributed by atoms with Crippen LogP contribution in [0.15, 0.2) is 18.2 Å². The normalized spacial score (nSPS) is 16.9. The Hall–Kier alpha value is -0.820. The van der Waals surface area contributed by atoms with Gasteiger partial charge in [-0.3, -0.25) is 0 Å². The Kier molecular flexibility index (Phi) is 4.00. The van der Waals surface area contributed by atoms with Crippen LogP contribution in [-0.2, 0) is 6.54 Å². The van der Waals surface area contributed by atoms with E-state index < -0.39 is 0 Å². The molecule has 0 atom stereocenters. The molecule has 0 amide bonds. The van der Waals surface area contributed by atoms with E-state index in [0.29, 0.717) is 0 Å². The molecule has 1 fully saturated rings. The van der Waals surface area contributed by atoms with Crippen molar-refractivity contribution in [1.82, 2.24) is 5.32 Å². The van der Waals surface area contributed by atoms with Crippen molar-refractivity contribution >= 4 is 0 Å². The van der Waals surface area contributed by atoms with Gasteiger partial charge in [0.2, 0.25) is 0 Å². The number of aryl methyl sites for hydroxylation is 2. The molecule has 2 rings (SSSR count). The minimum absolute atomic E-state index is 0.937. The van der Waals surface area contributed by atoms with Crippen molar-refractivity contribution in [3.8, 4) is 0 Å². The van der Waals surface area contributed by atoms with E-state index in [1.807, 2.05) is 0 Å². The van der Waals surface area contributed by atoms with E-state index in [1.54, 1.807) is 0 Å². The molecule has 0 aliphatic heterocycles. The van der Waals surface area contributed by atoms with Crippen molar-refractivity contribution < 1.29 is 0 Å². The Labute approximate surface area is 99.3 Å². The lowest BCUT2D eigenvalue weighted by Gasteiger charge is -2.11. The first-order chi connectivity index (χ1) is 7.75. The fourth-order valence-electron chi connectivity index (χ4n) is 2.55. The second kappa shape index (κ2) is 5.49. The third kappa shape index (κ3) is 3.08. The summed E-state index contributed by atoms with van der Waals surface area (Å²) >= 11 is 0. The van der Waals surface area contributed by atoms with Crippen molar-refractivity contribution in [1.29, 1.82) is 0 Å². The molecule has 0 saturated heterocycles. The Morgan fingerprint density at radius 2 is 1.88 bits per heavy atom. The number of rotatable bonds is 4. The van der Waals surface area contributed by atoms with Gasteiger partial charge in [0.15, 0.2) is 0 Å². The van der Waals surface area contributed by atoms with Gasteiger partial charge in [0.1, 0.15) is 0 Å². The van der Waals surface area contributed by atoms with Crippen LogP contribution >= 0.6 is 0 Å². The van der Waals surface area contributed by atoms with Gasteiger partial charge in [-0.2, -0.15) is 0 Å². The minimum atomic E-state index is 0.937. The summed E-state index contributed by atoms with van der Waals surface area (Å²) in [5.74, 6) is 0.937. The molecule has 0 heterocycles. The molecule has 0 bridgehead atoms. The van der Waals surface area contributed by atoms with Crippen LogP contribution in [0.1, 0.15) is 42.4 Å². The number of hydrogen-bond donors (Lipinski definition) is 1. The molecule has 1 nitrogen and oxygen atoms in total. The minimum Gasteiger partial charge on any atom is -0.312 e. The highest BCUT2D eigenvalue weighted by Crippen LogP contribution is 2.23. The molecular weight excluding hydrogens is 194 g/mol. The van der Waals surface area contributed by atoms with Crippen molar-refractivity contribution in [2.24, 2.45) is 5.92 Å². The van der Waals surface area contributed by atoms with E-state index >= 15 is 0 Å². The maximum atomic E-state index is 3.59. The van der Waals surface area contributed by atoms with E-state index in [-0.39, 0.29) is 0 Å². The van der Waals surface area contributed by atoms with Gasteiger partial charge in [-0.05, 0) is 55.8 Å². The number of benzene rings is 1. The number of hydrogen-bond acceptors (Lipinski definition) is 1. The predicted octanol–water partition coefficient (Wildman–Crippen LogP) is 3.58. The van der Waals surface area contributed by atoms with Gasteiger partial charge in [-0.1, -0.05) is 31.0 Å². The van der Waals surface area contributed by atoms with Crippen LogP contribution in [0.2, 0.25) is 0 Å². The van der Waals surface area contributed by atoms with E-state index in [0.717, 1.165) is 12.5 Å². The van der Waals surface area contributed by atoms with E-state index in [9.17, 15) is 0 Å². The lowest BCUT2D eigenvalue weighted by molar-refractivity contribution is 0.489. The monoisotopic (exact) mass is 217 g/mol. The predicted molar refractivity (Wildman–Crippen MR) is 69.6 cm³/mol. The fraction of sp³-hybridized carbons (Fsp3) is 0.600.